The highest BCUT2D eigenvalue weighted by Crippen LogP contribution is 2.22. The van der Waals surface area contributed by atoms with E-state index in [9.17, 15) is 14.4 Å². The van der Waals surface area contributed by atoms with Crippen LogP contribution in [0, 0.1) is 0 Å². The van der Waals surface area contributed by atoms with Crippen LogP contribution in [0.25, 0.3) is 6.08 Å². The zero-order valence-electron chi connectivity index (χ0n) is 16.7. The fourth-order valence-electron chi connectivity index (χ4n) is 2.57. The molecule has 2 aromatic carbocycles. The number of benzene rings is 2. The first-order valence-electron chi connectivity index (χ1n) is 9.33. The molecule has 0 fully saturated rings. The molecule has 2 aromatic rings. The van der Waals surface area contributed by atoms with Crippen molar-refractivity contribution < 1.29 is 19.1 Å². The van der Waals surface area contributed by atoms with E-state index in [2.05, 4.69) is 5.32 Å². The number of rotatable bonds is 8. The quantitative estimate of drug-likeness (QED) is 0.470. The van der Waals surface area contributed by atoms with E-state index in [0.29, 0.717) is 39.9 Å². The normalized spacial score (nSPS) is 10.7. The highest BCUT2D eigenvalue weighted by molar-refractivity contribution is 6.35. The molecule has 0 atom stereocenters. The van der Waals surface area contributed by atoms with Gasteiger partial charge in [-0.2, -0.15) is 0 Å². The number of hydrogen-bond acceptors (Lipinski definition) is 4. The van der Waals surface area contributed by atoms with E-state index in [1.807, 2.05) is 13.8 Å². The number of carbonyl (C=O) groups excluding carboxylic acids is 3. The lowest BCUT2D eigenvalue weighted by molar-refractivity contribution is -0.142. The van der Waals surface area contributed by atoms with Crippen molar-refractivity contribution in [3.8, 4) is 0 Å². The minimum atomic E-state index is -0.684. The second-order valence-electron chi connectivity index (χ2n) is 6.21. The van der Waals surface area contributed by atoms with Gasteiger partial charge in [-0.25, -0.2) is 4.79 Å². The molecule has 0 heterocycles. The Kier molecular flexibility index (Phi) is 8.89. The third-order valence-corrected chi connectivity index (χ3v) is 4.74. The molecule has 0 spiro atoms. The molecule has 1 N–H and O–H groups in total. The van der Waals surface area contributed by atoms with Gasteiger partial charge >= 0.3 is 5.97 Å². The third-order valence-electron chi connectivity index (χ3n) is 4.17. The van der Waals surface area contributed by atoms with Gasteiger partial charge in [-0.15, -0.1) is 0 Å². The van der Waals surface area contributed by atoms with E-state index in [0.717, 1.165) is 0 Å². The number of esters is 1. The summed E-state index contributed by atoms with van der Waals surface area (Å²) in [6.45, 7) is 4.63. The Balaban J connectivity index is 1.84. The summed E-state index contributed by atoms with van der Waals surface area (Å²) < 4.78 is 4.92. The highest BCUT2D eigenvalue weighted by atomic mass is 35.5. The van der Waals surface area contributed by atoms with E-state index in [4.69, 9.17) is 27.9 Å². The van der Waals surface area contributed by atoms with Crippen LogP contribution in [-0.4, -0.2) is 42.4 Å². The third kappa shape index (κ3) is 6.90. The first-order valence-corrected chi connectivity index (χ1v) is 10.1. The topological polar surface area (TPSA) is 75.7 Å². The average molecular weight is 449 g/mol. The summed E-state index contributed by atoms with van der Waals surface area (Å²) >= 11 is 11.8. The van der Waals surface area contributed by atoms with Crippen molar-refractivity contribution in [3.05, 3.63) is 69.7 Å². The maximum Gasteiger partial charge on any atom is 0.331 e. The van der Waals surface area contributed by atoms with Crippen molar-refractivity contribution in [2.45, 2.75) is 13.8 Å². The summed E-state index contributed by atoms with van der Waals surface area (Å²) in [6, 6.07) is 11.4. The monoisotopic (exact) mass is 448 g/mol. The Morgan fingerprint density at radius 1 is 1.03 bits per heavy atom. The van der Waals surface area contributed by atoms with Gasteiger partial charge in [0.2, 0.25) is 0 Å². The lowest BCUT2D eigenvalue weighted by Crippen LogP contribution is -2.30. The molecule has 2 rings (SSSR count). The van der Waals surface area contributed by atoms with E-state index in [-0.39, 0.29) is 5.91 Å². The standard InChI is InChI=1S/C22H22Cl2N2O4/c1-3-26(4-2)22(29)16-6-10-18(11-7-16)25-20(27)14-30-21(28)12-8-15-5-9-17(23)13-19(15)24/h5-13H,3-4,14H2,1-2H3,(H,25,27)/b12-8+. The van der Waals surface area contributed by atoms with Gasteiger partial charge in [0.15, 0.2) is 6.61 Å². The van der Waals surface area contributed by atoms with Crippen molar-refractivity contribution in [1.29, 1.82) is 0 Å². The Morgan fingerprint density at radius 2 is 1.70 bits per heavy atom. The molecule has 30 heavy (non-hydrogen) atoms. The fraction of sp³-hybridized carbons (Fsp3) is 0.227. The predicted octanol–water partition coefficient (Wildman–Crippen LogP) is 4.67. The van der Waals surface area contributed by atoms with Crippen LogP contribution in [0.3, 0.4) is 0 Å². The minimum absolute atomic E-state index is 0.0700. The SMILES string of the molecule is CCN(CC)C(=O)c1ccc(NC(=O)COC(=O)/C=C/c2ccc(Cl)cc2Cl)cc1. The van der Waals surface area contributed by atoms with Gasteiger partial charge in [0.1, 0.15) is 0 Å². The van der Waals surface area contributed by atoms with Crippen LogP contribution >= 0.6 is 23.2 Å². The van der Waals surface area contributed by atoms with Crippen LogP contribution in [0.4, 0.5) is 5.69 Å². The highest BCUT2D eigenvalue weighted by Gasteiger charge is 2.12. The van der Waals surface area contributed by atoms with Gasteiger partial charge in [0.25, 0.3) is 11.8 Å². The second kappa shape index (κ2) is 11.4. The number of amides is 2. The molecule has 0 saturated carbocycles. The van der Waals surface area contributed by atoms with E-state index < -0.39 is 18.5 Å². The first kappa shape index (κ1) is 23.4. The number of hydrogen-bond donors (Lipinski definition) is 1. The Hall–Kier alpha value is -2.83. The lowest BCUT2D eigenvalue weighted by Gasteiger charge is -2.18. The molecule has 0 radical (unpaired) electrons. The van der Waals surface area contributed by atoms with Crippen LogP contribution in [0.1, 0.15) is 29.8 Å². The van der Waals surface area contributed by atoms with Crippen LogP contribution < -0.4 is 5.32 Å². The molecule has 0 aliphatic heterocycles. The average Bonchev–Trinajstić information content (AvgIpc) is 2.73. The Labute approximate surface area is 185 Å². The van der Waals surface area contributed by atoms with Gasteiger partial charge in [-0.3, -0.25) is 9.59 Å². The summed E-state index contributed by atoms with van der Waals surface area (Å²) in [7, 11) is 0. The number of halogens is 2. The zero-order chi connectivity index (χ0) is 22.1. The summed E-state index contributed by atoms with van der Waals surface area (Å²) in [5.74, 6) is -1.25. The predicted molar refractivity (Wildman–Crippen MR) is 119 cm³/mol. The molecule has 6 nitrogen and oxygen atoms in total. The smallest absolute Gasteiger partial charge is 0.331 e. The number of ether oxygens (including phenoxy) is 1. The molecule has 0 aliphatic rings. The minimum Gasteiger partial charge on any atom is -0.452 e. The number of nitrogens with zero attached hydrogens (tertiary/aromatic N) is 1. The van der Waals surface area contributed by atoms with Gasteiger partial charge in [0.05, 0.1) is 0 Å². The first-order chi connectivity index (χ1) is 14.3. The van der Waals surface area contributed by atoms with Gasteiger partial charge < -0.3 is 15.0 Å². The molecule has 2 amide bonds. The van der Waals surface area contributed by atoms with Gasteiger partial charge in [-0.1, -0.05) is 29.3 Å². The van der Waals surface area contributed by atoms with Crippen LogP contribution in [0.2, 0.25) is 10.0 Å². The molecule has 0 aromatic heterocycles. The van der Waals surface area contributed by atoms with Gasteiger partial charge in [0, 0.05) is 40.5 Å². The summed E-state index contributed by atoms with van der Waals surface area (Å²) in [6.07, 6.45) is 2.65. The molecular formula is C22H22Cl2N2O4. The van der Waals surface area contributed by atoms with Crippen molar-refractivity contribution in [1.82, 2.24) is 4.90 Å². The van der Waals surface area contributed by atoms with E-state index >= 15 is 0 Å². The Bertz CT molecular complexity index is 939. The number of carbonyl (C=O) groups is 3. The molecule has 0 aliphatic carbocycles. The van der Waals surface area contributed by atoms with Crippen LogP contribution in [-0.2, 0) is 14.3 Å². The maximum atomic E-state index is 12.3. The summed E-state index contributed by atoms with van der Waals surface area (Å²) in [5.41, 5.74) is 1.63. The van der Waals surface area contributed by atoms with Crippen LogP contribution in [0.5, 0.6) is 0 Å². The fourth-order valence-corrected chi connectivity index (χ4v) is 3.04. The molecule has 158 valence electrons. The Morgan fingerprint density at radius 3 is 2.30 bits per heavy atom. The number of anilines is 1. The lowest BCUT2D eigenvalue weighted by atomic mass is 10.2. The summed E-state index contributed by atoms with van der Waals surface area (Å²) in [5, 5.41) is 3.49. The maximum absolute atomic E-state index is 12.3. The molecule has 8 heteroatoms. The molecule has 0 unspecified atom stereocenters. The van der Waals surface area contributed by atoms with Crippen molar-refractivity contribution >= 4 is 52.7 Å². The number of nitrogens with one attached hydrogen (secondary N) is 1. The molecule has 0 bridgehead atoms. The molecular weight excluding hydrogens is 427 g/mol. The van der Waals surface area contributed by atoms with E-state index in [1.165, 1.54) is 12.2 Å². The van der Waals surface area contributed by atoms with E-state index in [1.54, 1.807) is 47.4 Å². The van der Waals surface area contributed by atoms with Crippen molar-refractivity contribution in [3.63, 3.8) is 0 Å². The van der Waals surface area contributed by atoms with Crippen molar-refractivity contribution in [2.75, 3.05) is 25.0 Å². The van der Waals surface area contributed by atoms with Crippen molar-refractivity contribution in [2.24, 2.45) is 0 Å². The largest absolute Gasteiger partial charge is 0.452 e. The zero-order valence-corrected chi connectivity index (χ0v) is 18.2. The molecule has 0 saturated heterocycles. The van der Waals surface area contributed by atoms with Crippen LogP contribution in [0.15, 0.2) is 48.5 Å². The van der Waals surface area contributed by atoms with Gasteiger partial charge in [-0.05, 0) is 61.9 Å². The summed E-state index contributed by atoms with van der Waals surface area (Å²) in [4.78, 5) is 37.8. The second-order valence-corrected chi connectivity index (χ2v) is 7.05.